The number of nitrogens with two attached hydrogens (primary N) is 1. The number of halogens is 2. The summed E-state index contributed by atoms with van der Waals surface area (Å²) in [5, 5.41) is 0. The van der Waals surface area contributed by atoms with E-state index in [0.717, 1.165) is 6.42 Å². The molecule has 1 aromatic carbocycles. The standard InChI is InChI=1S/C14H20BrFN2S/c1-8(2)7-9(3)18(4)11-6-5-10(14(17)19)12(15)13(11)16/h5-6,8-9H,7H2,1-4H3,(H2,17,19). The molecule has 0 heterocycles. The fourth-order valence-electron chi connectivity index (χ4n) is 2.08. The minimum absolute atomic E-state index is 0.190. The number of hydrogen-bond donors (Lipinski definition) is 1. The summed E-state index contributed by atoms with van der Waals surface area (Å²) >= 11 is 8.12. The van der Waals surface area contributed by atoms with Crippen molar-refractivity contribution < 1.29 is 4.39 Å². The normalized spacial score (nSPS) is 12.6. The van der Waals surface area contributed by atoms with E-state index in [-0.39, 0.29) is 16.8 Å². The highest BCUT2D eigenvalue weighted by Gasteiger charge is 2.19. The van der Waals surface area contributed by atoms with Gasteiger partial charge in [0.2, 0.25) is 0 Å². The van der Waals surface area contributed by atoms with Crippen LogP contribution in [-0.2, 0) is 0 Å². The Hall–Kier alpha value is -0.680. The third kappa shape index (κ3) is 3.89. The van der Waals surface area contributed by atoms with Crippen molar-refractivity contribution in [2.24, 2.45) is 11.7 Å². The first-order valence-corrected chi connectivity index (χ1v) is 7.46. The average Bonchev–Trinajstić information content (AvgIpc) is 2.30. The van der Waals surface area contributed by atoms with E-state index >= 15 is 0 Å². The molecule has 1 rings (SSSR count). The second kappa shape index (κ2) is 6.66. The number of rotatable bonds is 5. The van der Waals surface area contributed by atoms with Crippen molar-refractivity contribution in [1.82, 2.24) is 0 Å². The molecule has 2 nitrogen and oxygen atoms in total. The minimum Gasteiger partial charge on any atom is -0.389 e. The van der Waals surface area contributed by atoms with E-state index in [1.54, 1.807) is 12.1 Å². The van der Waals surface area contributed by atoms with Crippen molar-refractivity contribution in [3.8, 4) is 0 Å². The third-order valence-electron chi connectivity index (χ3n) is 3.18. The lowest BCUT2D eigenvalue weighted by Crippen LogP contribution is -2.31. The first-order chi connectivity index (χ1) is 8.75. The van der Waals surface area contributed by atoms with Gasteiger partial charge in [0.1, 0.15) is 4.99 Å². The van der Waals surface area contributed by atoms with Crippen LogP contribution in [0.3, 0.4) is 0 Å². The lowest BCUT2D eigenvalue weighted by atomic mass is 10.0. The summed E-state index contributed by atoms with van der Waals surface area (Å²) in [5.74, 6) is 0.253. The molecule has 0 saturated heterocycles. The number of benzene rings is 1. The Morgan fingerprint density at radius 1 is 1.42 bits per heavy atom. The fourth-order valence-corrected chi connectivity index (χ4v) is 2.93. The third-order valence-corrected chi connectivity index (χ3v) is 4.18. The Morgan fingerprint density at radius 3 is 2.47 bits per heavy atom. The van der Waals surface area contributed by atoms with Crippen LogP contribution in [0.2, 0.25) is 0 Å². The molecule has 0 saturated carbocycles. The van der Waals surface area contributed by atoms with Crippen molar-refractivity contribution in [3.63, 3.8) is 0 Å². The van der Waals surface area contributed by atoms with Gasteiger partial charge < -0.3 is 10.6 Å². The van der Waals surface area contributed by atoms with Crippen LogP contribution < -0.4 is 10.6 Å². The first-order valence-electron chi connectivity index (χ1n) is 6.26. The molecule has 0 aliphatic rings. The molecule has 0 radical (unpaired) electrons. The van der Waals surface area contributed by atoms with Crippen LogP contribution in [0.25, 0.3) is 0 Å². The van der Waals surface area contributed by atoms with Crippen molar-refractivity contribution in [1.29, 1.82) is 0 Å². The molecule has 0 aliphatic carbocycles. The largest absolute Gasteiger partial charge is 0.389 e. The van der Waals surface area contributed by atoms with E-state index in [4.69, 9.17) is 18.0 Å². The number of nitrogens with zero attached hydrogens (tertiary/aromatic N) is 1. The van der Waals surface area contributed by atoms with Gasteiger partial charge in [-0.15, -0.1) is 0 Å². The molecule has 5 heteroatoms. The molecule has 2 N–H and O–H groups in total. The summed E-state index contributed by atoms with van der Waals surface area (Å²) < 4.78 is 14.7. The number of hydrogen-bond acceptors (Lipinski definition) is 2. The van der Waals surface area contributed by atoms with Gasteiger partial charge in [-0.3, -0.25) is 0 Å². The van der Waals surface area contributed by atoms with Gasteiger partial charge >= 0.3 is 0 Å². The summed E-state index contributed by atoms with van der Waals surface area (Å²) in [4.78, 5) is 2.14. The molecule has 0 spiro atoms. The molecule has 0 aliphatic heterocycles. The van der Waals surface area contributed by atoms with E-state index in [1.165, 1.54) is 0 Å². The number of anilines is 1. The van der Waals surface area contributed by atoms with Gasteiger partial charge in [-0.1, -0.05) is 26.1 Å². The summed E-state index contributed by atoms with van der Waals surface area (Å²) in [6.07, 6.45) is 1.00. The monoisotopic (exact) mass is 346 g/mol. The Labute approximate surface area is 128 Å². The molecular formula is C14H20BrFN2S. The zero-order valence-corrected chi connectivity index (χ0v) is 14.1. The van der Waals surface area contributed by atoms with Crippen LogP contribution in [0.1, 0.15) is 32.8 Å². The SMILES string of the molecule is CC(C)CC(C)N(C)c1ccc(C(N)=S)c(Br)c1F. The van der Waals surface area contributed by atoms with Crippen molar-refractivity contribution in [3.05, 3.63) is 28.0 Å². The van der Waals surface area contributed by atoms with E-state index in [2.05, 4.69) is 36.7 Å². The van der Waals surface area contributed by atoms with Gasteiger partial charge in [-0.05, 0) is 47.3 Å². The molecule has 1 aromatic rings. The van der Waals surface area contributed by atoms with E-state index in [0.29, 0.717) is 21.6 Å². The summed E-state index contributed by atoms with van der Waals surface area (Å²) in [7, 11) is 1.90. The van der Waals surface area contributed by atoms with Crippen LogP contribution in [0.4, 0.5) is 10.1 Å². The van der Waals surface area contributed by atoms with Crippen LogP contribution >= 0.6 is 28.1 Å². The minimum atomic E-state index is -0.316. The summed E-state index contributed by atoms with van der Waals surface area (Å²) in [6, 6.07) is 3.74. The van der Waals surface area contributed by atoms with Crippen LogP contribution in [-0.4, -0.2) is 18.1 Å². The van der Waals surface area contributed by atoms with E-state index in [9.17, 15) is 4.39 Å². The fraction of sp³-hybridized carbons (Fsp3) is 0.500. The molecular weight excluding hydrogens is 327 g/mol. The molecule has 1 atom stereocenters. The molecule has 0 aromatic heterocycles. The van der Waals surface area contributed by atoms with Gasteiger partial charge in [0.05, 0.1) is 10.2 Å². The number of thiocarbonyl (C=S) groups is 1. The van der Waals surface area contributed by atoms with Crippen molar-refractivity contribution in [2.75, 3.05) is 11.9 Å². The van der Waals surface area contributed by atoms with Crippen LogP contribution in [0.5, 0.6) is 0 Å². The lowest BCUT2D eigenvalue weighted by Gasteiger charge is -2.29. The topological polar surface area (TPSA) is 29.3 Å². The average molecular weight is 347 g/mol. The van der Waals surface area contributed by atoms with Crippen molar-refractivity contribution in [2.45, 2.75) is 33.2 Å². The molecule has 0 fully saturated rings. The Balaban J connectivity index is 3.08. The zero-order chi connectivity index (χ0) is 14.7. The molecule has 19 heavy (non-hydrogen) atoms. The van der Waals surface area contributed by atoms with Crippen LogP contribution in [0, 0.1) is 11.7 Å². The maximum Gasteiger partial charge on any atom is 0.161 e. The van der Waals surface area contributed by atoms with Gasteiger partial charge in [0, 0.05) is 18.7 Å². The molecule has 0 bridgehead atoms. The van der Waals surface area contributed by atoms with Gasteiger partial charge in [-0.2, -0.15) is 0 Å². The van der Waals surface area contributed by atoms with Gasteiger partial charge in [0.15, 0.2) is 5.82 Å². The van der Waals surface area contributed by atoms with E-state index in [1.807, 2.05) is 11.9 Å². The Bertz CT molecular complexity index is 477. The predicted octanol–water partition coefficient (Wildman–Crippen LogP) is 4.09. The molecule has 0 amide bonds. The summed E-state index contributed by atoms with van der Waals surface area (Å²) in [6.45, 7) is 6.41. The molecule has 106 valence electrons. The van der Waals surface area contributed by atoms with Crippen molar-refractivity contribution >= 4 is 38.8 Å². The predicted molar refractivity (Wildman–Crippen MR) is 87.3 cm³/mol. The highest BCUT2D eigenvalue weighted by atomic mass is 79.9. The Morgan fingerprint density at radius 2 is 2.00 bits per heavy atom. The van der Waals surface area contributed by atoms with E-state index < -0.39 is 0 Å². The highest BCUT2D eigenvalue weighted by Crippen LogP contribution is 2.30. The maximum atomic E-state index is 14.4. The Kier molecular flexibility index (Phi) is 5.74. The van der Waals surface area contributed by atoms with Crippen LogP contribution in [0.15, 0.2) is 16.6 Å². The smallest absolute Gasteiger partial charge is 0.161 e. The maximum absolute atomic E-state index is 14.4. The highest BCUT2D eigenvalue weighted by molar-refractivity contribution is 9.10. The van der Waals surface area contributed by atoms with Gasteiger partial charge in [0.25, 0.3) is 0 Å². The molecule has 1 unspecified atom stereocenters. The quantitative estimate of drug-likeness (QED) is 0.814. The first kappa shape index (κ1) is 16.4. The summed E-state index contributed by atoms with van der Waals surface area (Å²) in [5.41, 5.74) is 6.64. The second-order valence-corrected chi connectivity index (χ2v) is 6.45. The second-order valence-electron chi connectivity index (χ2n) is 5.21. The zero-order valence-electron chi connectivity index (χ0n) is 11.7. The van der Waals surface area contributed by atoms with Gasteiger partial charge in [-0.25, -0.2) is 4.39 Å². The lowest BCUT2D eigenvalue weighted by molar-refractivity contribution is 0.497.